The van der Waals surface area contributed by atoms with Gasteiger partial charge in [-0.1, -0.05) is 12.1 Å². The van der Waals surface area contributed by atoms with Crippen LogP contribution in [0.4, 0.5) is 11.4 Å². The van der Waals surface area contributed by atoms with Crippen LogP contribution in [0.3, 0.4) is 0 Å². The number of hydrogen-bond donors (Lipinski definition) is 2. The van der Waals surface area contributed by atoms with Crippen molar-refractivity contribution < 1.29 is 19.2 Å². The lowest BCUT2D eigenvalue weighted by Crippen LogP contribution is -2.39. The van der Waals surface area contributed by atoms with E-state index in [1.54, 1.807) is 18.2 Å². The van der Waals surface area contributed by atoms with Crippen molar-refractivity contribution in [1.29, 1.82) is 0 Å². The smallest absolute Gasteiger partial charge is 0.270 e. The first-order chi connectivity index (χ1) is 13.9. The van der Waals surface area contributed by atoms with Crippen LogP contribution in [0.1, 0.15) is 28.8 Å². The summed E-state index contributed by atoms with van der Waals surface area (Å²) in [5, 5.41) is 13.8. The Hall–Kier alpha value is -3.46. The minimum atomic E-state index is -0.567. The predicted octanol–water partition coefficient (Wildman–Crippen LogP) is 2.31. The van der Waals surface area contributed by atoms with Crippen molar-refractivity contribution in [2.75, 3.05) is 19.0 Å². The van der Waals surface area contributed by atoms with Crippen LogP contribution in [0.15, 0.2) is 42.5 Å². The summed E-state index contributed by atoms with van der Waals surface area (Å²) in [7, 11) is 1.39. The number of hydrogen-bond acceptors (Lipinski definition) is 6. The summed E-state index contributed by atoms with van der Waals surface area (Å²) < 4.78 is 5.15. The highest BCUT2D eigenvalue weighted by atomic mass is 16.6. The van der Waals surface area contributed by atoms with Gasteiger partial charge in [-0.25, -0.2) is 0 Å². The summed E-state index contributed by atoms with van der Waals surface area (Å²) >= 11 is 0. The third kappa shape index (κ3) is 4.69. The van der Waals surface area contributed by atoms with Crippen LogP contribution in [0.5, 0.6) is 5.75 Å². The van der Waals surface area contributed by atoms with Crippen molar-refractivity contribution in [1.82, 2.24) is 4.90 Å². The highest BCUT2D eigenvalue weighted by Gasteiger charge is 2.28. The molecular formula is C20H22N4O5. The van der Waals surface area contributed by atoms with Crippen LogP contribution >= 0.6 is 0 Å². The van der Waals surface area contributed by atoms with E-state index in [4.69, 9.17) is 10.5 Å². The van der Waals surface area contributed by atoms with Crippen LogP contribution in [0, 0.1) is 10.1 Å². The summed E-state index contributed by atoms with van der Waals surface area (Å²) in [4.78, 5) is 36.7. The molecule has 152 valence electrons. The largest absolute Gasteiger partial charge is 0.496 e. The molecule has 1 atom stereocenters. The number of ether oxygens (including phenoxy) is 1. The fourth-order valence-electron chi connectivity index (χ4n) is 3.50. The minimum absolute atomic E-state index is 0.0699. The zero-order valence-electron chi connectivity index (χ0n) is 16.0. The molecule has 2 aromatic rings. The Morgan fingerprint density at radius 1 is 1.31 bits per heavy atom. The van der Waals surface area contributed by atoms with Crippen LogP contribution in [-0.2, 0) is 11.3 Å². The van der Waals surface area contributed by atoms with Crippen LogP contribution in [-0.4, -0.2) is 41.3 Å². The molecule has 0 bridgehead atoms. The number of anilines is 1. The van der Waals surface area contributed by atoms with Crippen molar-refractivity contribution in [3.63, 3.8) is 0 Å². The van der Waals surface area contributed by atoms with E-state index in [0.29, 0.717) is 12.2 Å². The zero-order valence-corrected chi connectivity index (χ0v) is 16.0. The van der Waals surface area contributed by atoms with Crippen LogP contribution in [0.25, 0.3) is 0 Å². The van der Waals surface area contributed by atoms with E-state index in [2.05, 4.69) is 5.32 Å². The lowest BCUT2D eigenvalue weighted by Gasteiger charge is -2.22. The molecular weight excluding hydrogens is 376 g/mol. The number of amides is 2. The number of rotatable bonds is 7. The van der Waals surface area contributed by atoms with Gasteiger partial charge in [-0.05, 0) is 43.1 Å². The fraction of sp³-hybridized carbons (Fsp3) is 0.300. The minimum Gasteiger partial charge on any atom is -0.496 e. The number of non-ortho nitro benzene ring substituents is 1. The molecule has 0 radical (unpaired) electrons. The number of carbonyl (C=O) groups is 2. The Morgan fingerprint density at radius 3 is 2.79 bits per heavy atom. The average molecular weight is 398 g/mol. The number of benzene rings is 2. The van der Waals surface area contributed by atoms with Gasteiger partial charge in [0.05, 0.1) is 23.6 Å². The number of likely N-dealkylation sites (tertiary alicyclic amines) is 1. The van der Waals surface area contributed by atoms with E-state index in [0.717, 1.165) is 24.9 Å². The molecule has 2 amide bonds. The molecule has 1 aliphatic heterocycles. The fourth-order valence-corrected chi connectivity index (χ4v) is 3.50. The maximum Gasteiger partial charge on any atom is 0.270 e. The first-order valence-corrected chi connectivity index (χ1v) is 9.15. The second-order valence-electron chi connectivity index (χ2n) is 6.83. The van der Waals surface area contributed by atoms with Gasteiger partial charge in [0, 0.05) is 24.4 Å². The van der Waals surface area contributed by atoms with E-state index in [-0.39, 0.29) is 28.9 Å². The maximum atomic E-state index is 12.7. The van der Waals surface area contributed by atoms with Gasteiger partial charge in [0.15, 0.2) is 0 Å². The van der Waals surface area contributed by atoms with E-state index in [9.17, 15) is 19.7 Å². The zero-order chi connectivity index (χ0) is 21.0. The summed E-state index contributed by atoms with van der Waals surface area (Å²) in [6, 6.07) is 10.8. The summed E-state index contributed by atoms with van der Waals surface area (Å²) in [6.07, 6.45) is 1.66. The normalized spacial score (nSPS) is 16.4. The van der Waals surface area contributed by atoms with Gasteiger partial charge in [-0.3, -0.25) is 24.6 Å². The van der Waals surface area contributed by atoms with Crippen molar-refractivity contribution in [2.24, 2.45) is 5.73 Å². The second-order valence-corrected chi connectivity index (χ2v) is 6.83. The number of nitrogens with one attached hydrogen (secondary N) is 1. The highest BCUT2D eigenvalue weighted by molar-refractivity contribution is 6.06. The molecule has 0 aromatic heterocycles. The molecule has 1 saturated heterocycles. The molecule has 3 rings (SSSR count). The SMILES string of the molecule is COc1ccc([N+](=O)[O-])cc1C(=O)Nc1cccc(CN2CCCC2C(N)=O)c1. The number of nitro groups is 1. The molecule has 1 fully saturated rings. The lowest BCUT2D eigenvalue weighted by molar-refractivity contribution is -0.384. The average Bonchev–Trinajstić information content (AvgIpc) is 3.16. The maximum absolute atomic E-state index is 12.7. The number of methoxy groups -OCH3 is 1. The van der Waals surface area contributed by atoms with Gasteiger partial charge in [0.2, 0.25) is 5.91 Å². The Balaban J connectivity index is 1.77. The van der Waals surface area contributed by atoms with Gasteiger partial charge in [0.1, 0.15) is 5.75 Å². The molecule has 1 unspecified atom stereocenters. The standard InChI is InChI=1S/C20H22N4O5/c1-29-18-8-7-15(24(27)28)11-16(18)20(26)22-14-5-2-4-13(10-14)12-23-9-3-6-17(23)19(21)25/h2,4-5,7-8,10-11,17H,3,6,9,12H2,1H3,(H2,21,25)(H,22,26). The van der Waals surface area contributed by atoms with E-state index in [1.165, 1.54) is 25.3 Å². The van der Waals surface area contributed by atoms with Crippen molar-refractivity contribution >= 4 is 23.2 Å². The molecule has 1 aliphatic rings. The number of nitrogens with two attached hydrogens (primary N) is 1. The summed E-state index contributed by atoms with van der Waals surface area (Å²) in [5.74, 6) is -0.603. The highest BCUT2D eigenvalue weighted by Crippen LogP contribution is 2.26. The number of nitro benzene ring substituents is 1. The molecule has 0 saturated carbocycles. The first kappa shape index (κ1) is 20.3. The molecule has 0 aliphatic carbocycles. The first-order valence-electron chi connectivity index (χ1n) is 9.15. The number of carbonyl (C=O) groups excluding carboxylic acids is 2. The lowest BCUT2D eigenvalue weighted by atomic mass is 10.1. The molecule has 29 heavy (non-hydrogen) atoms. The molecule has 0 spiro atoms. The molecule has 9 heteroatoms. The molecule has 1 heterocycles. The Kier molecular flexibility index (Phi) is 6.08. The number of nitrogens with zero attached hydrogens (tertiary/aromatic N) is 2. The quantitative estimate of drug-likeness (QED) is 0.544. The predicted molar refractivity (Wildman–Crippen MR) is 107 cm³/mol. The van der Waals surface area contributed by atoms with Gasteiger partial charge < -0.3 is 15.8 Å². The topological polar surface area (TPSA) is 128 Å². The van der Waals surface area contributed by atoms with Crippen LogP contribution in [0.2, 0.25) is 0 Å². The van der Waals surface area contributed by atoms with Gasteiger partial charge in [0.25, 0.3) is 11.6 Å². The van der Waals surface area contributed by atoms with E-state index >= 15 is 0 Å². The molecule has 3 N–H and O–H groups in total. The van der Waals surface area contributed by atoms with Gasteiger partial charge in [-0.2, -0.15) is 0 Å². The third-order valence-electron chi connectivity index (χ3n) is 4.90. The van der Waals surface area contributed by atoms with Gasteiger partial charge >= 0.3 is 0 Å². The number of primary amides is 1. The van der Waals surface area contributed by atoms with Crippen molar-refractivity contribution in [2.45, 2.75) is 25.4 Å². The van der Waals surface area contributed by atoms with Crippen molar-refractivity contribution in [3.8, 4) is 5.75 Å². The Labute approximate surface area is 167 Å². The third-order valence-corrected chi connectivity index (χ3v) is 4.90. The van der Waals surface area contributed by atoms with E-state index < -0.39 is 10.8 Å². The molecule has 9 nitrogen and oxygen atoms in total. The summed E-state index contributed by atoms with van der Waals surface area (Å²) in [5.41, 5.74) is 6.79. The Morgan fingerprint density at radius 2 is 2.10 bits per heavy atom. The van der Waals surface area contributed by atoms with Crippen molar-refractivity contribution in [3.05, 3.63) is 63.7 Å². The Bertz CT molecular complexity index is 946. The van der Waals surface area contributed by atoms with Gasteiger partial charge in [-0.15, -0.1) is 0 Å². The van der Waals surface area contributed by atoms with E-state index in [1.807, 2.05) is 11.0 Å². The van der Waals surface area contributed by atoms with Crippen LogP contribution < -0.4 is 15.8 Å². The monoisotopic (exact) mass is 398 g/mol. The summed E-state index contributed by atoms with van der Waals surface area (Å²) in [6.45, 7) is 1.33. The second kappa shape index (κ2) is 8.70. The molecule has 2 aromatic carbocycles.